The number of benzene rings is 1. The molecule has 1 amide bonds. The van der Waals surface area contributed by atoms with Crippen molar-refractivity contribution in [1.82, 2.24) is 4.90 Å². The number of carbonyl (C=O) groups excluding carboxylic acids is 1. The lowest BCUT2D eigenvalue weighted by atomic mass is 9.87. The molecule has 1 aliphatic rings. The number of piperidine rings is 1. The van der Waals surface area contributed by atoms with Crippen molar-refractivity contribution in [3.05, 3.63) is 24.3 Å². The smallest absolute Gasteiger partial charge is 0.238 e. The third kappa shape index (κ3) is 4.19. The van der Waals surface area contributed by atoms with E-state index < -0.39 is 0 Å². The zero-order valence-corrected chi connectivity index (χ0v) is 12.8. The number of hydrogen-bond acceptors (Lipinski definition) is 4. The molecule has 0 aromatic heterocycles. The van der Waals surface area contributed by atoms with Crippen LogP contribution in [0.15, 0.2) is 24.3 Å². The standard InChI is InChI=1S/C16H25N3O2/c1-12-7-8-19(10-13(12)9-17)11-16(20)18-14-5-3-4-6-15(14)21-2/h3-6,12-13H,7-11,17H2,1-2H3,(H,18,20). The highest BCUT2D eigenvalue weighted by molar-refractivity contribution is 5.93. The van der Waals surface area contributed by atoms with Crippen LogP contribution in [-0.4, -0.2) is 44.1 Å². The summed E-state index contributed by atoms with van der Waals surface area (Å²) < 4.78 is 5.24. The maximum absolute atomic E-state index is 12.2. The minimum atomic E-state index is -0.00942. The SMILES string of the molecule is COc1ccccc1NC(=O)CN1CCC(C)C(CN)C1. The van der Waals surface area contributed by atoms with Crippen molar-refractivity contribution in [3.8, 4) is 5.75 Å². The predicted molar refractivity (Wildman–Crippen MR) is 84.4 cm³/mol. The molecule has 0 saturated carbocycles. The van der Waals surface area contributed by atoms with E-state index in [1.807, 2.05) is 24.3 Å². The molecule has 0 aliphatic carbocycles. The Morgan fingerprint density at radius 1 is 1.48 bits per heavy atom. The second kappa shape index (κ2) is 7.43. The van der Waals surface area contributed by atoms with Gasteiger partial charge in [-0.1, -0.05) is 19.1 Å². The van der Waals surface area contributed by atoms with E-state index in [0.717, 1.165) is 19.5 Å². The van der Waals surface area contributed by atoms with Gasteiger partial charge in [0.05, 0.1) is 19.3 Å². The topological polar surface area (TPSA) is 67.6 Å². The lowest BCUT2D eigenvalue weighted by molar-refractivity contribution is -0.117. The van der Waals surface area contributed by atoms with Crippen molar-refractivity contribution in [2.75, 3.05) is 38.6 Å². The summed E-state index contributed by atoms with van der Waals surface area (Å²) in [7, 11) is 1.60. The minimum Gasteiger partial charge on any atom is -0.495 e. The maximum atomic E-state index is 12.2. The molecule has 0 bridgehead atoms. The third-order valence-corrected chi connectivity index (χ3v) is 4.25. The molecule has 3 N–H and O–H groups in total. The molecule has 2 rings (SSSR count). The molecule has 1 saturated heterocycles. The summed E-state index contributed by atoms with van der Waals surface area (Å²) in [6.45, 7) is 5.19. The van der Waals surface area contributed by atoms with Crippen molar-refractivity contribution in [3.63, 3.8) is 0 Å². The van der Waals surface area contributed by atoms with Crippen molar-refractivity contribution in [2.45, 2.75) is 13.3 Å². The number of nitrogens with two attached hydrogens (primary N) is 1. The Labute approximate surface area is 126 Å². The number of carbonyl (C=O) groups is 1. The fraction of sp³-hybridized carbons (Fsp3) is 0.562. The van der Waals surface area contributed by atoms with E-state index in [2.05, 4.69) is 17.1 Å². The first-order valence-corrected chi connectivity index (χ1v) is 7.49. The fourth-order valence-electron chi connectivity index (χ4n) is 2.82. The molecule has 1 aliphatic heterocycles. The van der Waals surface area contributed by atoms with Gasteiger partial charge in [0, 0.05) is 6.54 Å². The van der Waals surface area contributed by atoms with Gasteiger partial charge in [-0.3, -0.25) is 9.69 Å². The highest BCUT2D eigenvalue weighted by Gasteiger charge is 2.26. The predicted octanol–water partition coefficient (Wildman–Crippen LogP) is 1.55. The Morgan fingerprint density at radius 2 is 2.24 bits per heavy atom. The van der Waals surface area contributed by atoms with E-state index in [0.29, 0.717) is 36.4 Å². The molecule has 5 nitrogen and oxygen atoms in total. The Balaban J connectivity index is 1.90. The second-order valence-corrected chi connectivity index (χ2v) is 5.75. The van der Waals surface area contributed by atoms with Crippen LogP contribution in [0.1, 0.15) is 13.3 Å². The quantitative estimate of drug-likeness (QED) is 0.864. The molecule has 116 valence electrons. The van der Waals surface area contributed by atoms with E-state index in [1.54, 1.807) is 7.11 Å². The normalized spacial score (nSPS) is 22.8. The van der Waals surface area contributed by atoms with Gasteiger partial charge in [-0.2, -0.15) is 0 Å². The molecule has 21 heavy (non-hydrogen) atoms. The van der Waals surface area contributed by atoms with Crippen molar-refractivity contribution in [2.24, 2.45) is 17.6 Å². The van der Waals surface area contributed by atoms with Crippen molar-refractivity contribution >= 4 is 11.6 Å². The molecule has 5 heteroatoms. The molecule has 2 unspecified atom stereocenters. The van der Waals surface area contributed by atoms with Gasteiger partial charge in [0.25, 0.3) is 0 Å². The molecule has 0 radical (unpaired) electrons. The largest absolute Gasteiger partial charge is 0.495 e. The summed E-state index contributed by atoms with van der Waals surface area (Å²) in [4.78, 5) is 14.4. The molecule has 0 spiro atoms. The number of anilines is 1. The van der Waals surface area contributed by atoms with Crippen LogP contribution in [0.2, 0.25) is 0 Å². The lowest BCUT2D eigenvalue weighted by Gasteiger charge is -2.36. The van der Waals surface area contributed by atoms with Gasteiger partial charge in [-0.05, 0) is 43.5 Å². The molecule has 1 aromatic carbocycles. The van der Waals surface area contributed by atoms with Crippen LogP contribution in [-0.2, 0) is 4.79 Å². The minimum absolute atomic E-state index is 0.00942. The Kier molecular flexibility index (Phi) is 5.59. The lowest BCUT2D eigenvalue weighted by Crippen LogP contribution is -2.45. The van der Waals surface area contributed by atoms with Gasteiger partial charge in [-0.25, -0.2) is 0 Å². The molecule has 2 atom stereocenters. The van der Waals surface area contributed by atoms with Gasteiger partial charge in [0.2, 0.25) is 5.91 Å². The first-order valence-electron chi connectivity index (χ1n) is 7.49. The van der Waals surface area contributed by atoms with Gasteiger partial charge in [0.15, 0.2) is 0 Å². The molecule has 1 aromatic rings. The van der Waals surface area contributed by atoms with Gasteiger partial charge < -0.3 is 15.8 Å². The van der Waals surface area contributed by atoms with Crippen LogP contribution in [0, 0.1) is 11.8 Å². The summed E-state index contributed by atoms with van der Waals surface area (Å²) in [6.07, 6.45) is 1.10. The summed E-state index contributed by atoms with van der Waals surface area (Å²) in [5.41, 5.74) is 6.52. The summed E-state index contributed by atoms with van der Waals surface area (Å²) in [5.74, 6) is 1.80. The number of ether oxygens (including phenoxy) is 1. The fourth-order valence-corrected chi connectivity index (χ4v) is 2.82. The van der Waals surface area contributed by atoms with E-state index in [1.165, 1.54) is 0 Å². The first-order chi connectivity index (χ1) is 10.1. The van der Waals surface area contributed by atoms with E-state index in [4.69, 9.17) is 10.5 Å². The van der Waals surface area contributed by atoms with Gasteiger partial charge in [0.1, 0.15) is 5.75 Å². The van der Waals surface area contributed by atoms with Crippen LogP contribution in [0.5, 0.6) is 5.75 Å². The average molecular weight is 291 g/mol. The van der Waals surface area contributed by atoms with Crippen LogP contribution in [0.3, 0.4) is 0 Å². The van der Waals surface area contributed by atoms with Gasteiger partial charge >= 0.3 is 0 Å². The zero-order valence-electron chi connectivity index (χ0n) is 12.8. The van der Waals surface area contributed by atoms with Crippen LogP contribution < -0.4 is 15.8 Å². The maximum Gasteiger partial charge on any atom is 0.238 e. The highest BCUT2D eigenvalue weighted by Crippen LogP contribution is 2.24. The number of hydrogen-bond donors (Lipinski definition) is 2. The molecular weight excluding hydrogens is 266 g/mol. The summed E-state index contributed by atoms with van der Waals surface area (Å²) >= 11 is 0. The number of amides is 1. The monoisotopic (exact) mass is 291 g/mol. The highest BCUT2D eigenvalue weighted by atomic mass is 16.5. The second-order valence-electron chi connectivity index (χ2n) is 5.75. The summed E-state index contributed by atoms with van der Waals surface area (Å²) in [6, 6.07) is 7.44. The van der Waals surface area contributed by atoms with Crippen LogP contribution in [0.25, 0.3) is 0 Å². The van der Waals surface area contributed by atoms with E-state index in [-0.39, 0.29) is 5.91 Å². The number of methoxy groups -OCH3 is 1. The zero-order chi connectivity index (χ0) is 15.2. The third-order valence-electron chi connectivity index (χ3n) is 4.25. The van der Waals surface area contributed by atoms with E-state index in [9.17, 15) is 4.79 Å². The number of likely N-dealkylation sites (tertiary alicyclic amines) is 1. The Morgan fingerprint density at radius 3 is 2.95 bits per heavy atom. The van der Waals surface area contributed by atoms with E-state index >= 15 is 0 Å². The summed E-state index contributed by atoms with van der Waals surface area (Å²) in [5, 5.41) is 2.92. The number of para-hydroxylation sites is 2. The van der Waals surface area contributed by atoms with Gasteiger partial charge in [-0.15, -0.1) is 0 Å². The molecule has 1 heterocycles. The Hall–Kier alpha value is -1.59. The van der Waals surface area contributed by atoms with Crippen molar-refractivity contribution in [1.29, 1.82) is 0 Å². The number of nitrogens with one attached hydrogen (secondary N) is 1. The number of rotatable bonds is 5. The van der Waals surface area contributed by atoms with Crippen molar-refractivity contribution < 1.29 is 9.53 Å². The molecular formula is C16H25N3O2. The van der Waals surface area contributed by atoms with Crippen LogP contribution in [0.4, 0.5) is 5.69 Å². The Bertz CT molecular complexity index is 478. The average Bonchev–Trinajstić information content (AvgIpc) is 2.49. The number of nitrogens with zero attached hydrogens (tertiary/aromatic N) is 1. The molecule has 1 fully saturated rings. The first kappa shape index (κ1) is 15.8. The van der Waals surface area contributed by atoms with Crippen LogP contribution >= 0.6 is 0 Å².